The fraction of sp³-hybridized carbons (Fsp3) is 0.478. The maximum Gasteiger partial charge on any atom is 0.267 e. The van der Waals surface area contributed by atoms with Gasteiger partial charge in [-0.2, -0.15) is 0 Å². The molecule has 1 amide bonds. The third-order valence-electron chi connectivity index (χ3n) is 6.34. The summed E-state index contributed by atoms with van der Waals surface area (Å²) in [5.74, 6) is 0.372. The molecule has 1 atom stereocenters. The topological polar surface area (TPSA) is 75.9 Å². The molecule has 1 aliphatic carbocycles. The lowest BCUT2D eigenvalue weighted by Crippen LogP contribution is -2.35. The molecule has 2 aromatic heterocycles. The highest BCUT2D eigenvalue weighted by molar-refractivity contribution is 8.26. The number of nitrogens with one attached hydrogen (secondary N) is 1. The summed E-state index contributed by atoms with van der Waals surface area (Å²) in [5, 5.41) is 3.48. The number of hydrogen-bond acceptors (Lipinski definition) is 7. The van der Waals surface area contributed by atoms with E-state index in [2.05, 4.69) is 5.32 Å². The zero-order chi connectivity index (χ0) is 22.2. The second kappa shape index (κ2) is 8.96. The molecule has 9 heteroatoms. The third-order valence-corrected chi connectivity index (χ3v) is 7.72. The summed E-state index contributed by atoms with van der Waals surface area (Å²) in [6, 6.07) is 4.06. The van der Waals surface area contributed by atoms with E-state index in [9.17, 15) is 9.59 Å². The van der Waals surface area contributed by atoms with Crippen molar-refractivity contribution in [3.63, 3.8) is 0 Å². The van der Waals surface area contributed by atoms with Crippen molar-refractivity contribution in [1.82, 2.24) is 14.3 Å². The SMILES string of the molecule is Cc1cccn2c(=O)c(/C=C3\SC(=S)N(C[C@@H]4CCCO4)C3=O)c(NC3CCCC3)nc12. The number of thioether (sulfide) groups is 1. The minimum Gasteiger partial charge on any atom is -0.376 e. The van der Waals surface area contributed by atoms with Crippen LogP contribution in [0.5, 0.6) is 0 Å². The van der Waals surface area contributed by atoms with Crippen LogP contribution < -0.4 is 10.9 Å². The second-order valence-electron chi connectivity index (χ2n) is 8.62. The first-order chi connectivity index (χ1) is 15.5. The molecule has 0 aromatic carbocycles. The van der Waals surface area contributed by atoms with E-state index in [-0.39, 0.29) is 23.6 Å². The van der Waals surface area contributed by atoms with Crippen molar-refractivity contribution in [2.45, 2.75) is 57.6 Å². The lowest BCUT2D eigenvalue weighted by atomic mass is 10.2. The van der Waals surface area contributed by atoms with Gasteiger partial charge in [0.1, 0.15) is 15.8 Å². The second-order valence-corrected chi connectivity index (χ2v) is 10.3. The molecule has 4 heterocycles. The largest absolute Gasteiger partial charge is 0.376 e. The molecule has 32 heavy (non-hydrogen) atoms. The number of rotatable bonds is 5. The smallest absolute Gasteiger partial charge is 0.267 e. The monoisotopic (exact) mass is 470 g/mol. The maximum absolute atomic E-state index is 13.5. The number of aryl methyl sites for hydroxylation is 1. The average molecular weight is 471 g/mol. The highest BCUT2D eigenvalue weighted by Gasteiger charge is 2.35. The quantitative estimate of drug-likeness (QED) is 0.527. The summed E-state index contributed by atoms with van der Waals surface area (Å²) < 4.78 is 7.74. The van der Waals surface area contributed by atoms with E-state index in [1.165, 1.54) is 24.6 Å². The molecule has 0 spiro atoms. The zero-order valence-electron chi connectivity index (χ0n) is 18.0. The Kier molecular flexibility index (Phi) is 6.05. The molecule has 2 aromatic rings. The van der Waals surface area contributed by atoms with Crippen LogP contribution in [0, 0.1) is 6.92 Å². The molecule has 0 radical (unpaired) electrons. The number of thiocarbonyl (C=S) groups is 1. The van der Waals surface area contributed by atoms with Gasteiger partial charge in [0.25, 0.3) is 11.5 Å². The van der Waals surface area contributed by atoms with Crippen molar-refractivity contribution in [1.29, 1.82) is 0 Å². The van der Waals surface area contributed by atoms with Gasteiger partial charge in [0.2, 0.25) is 0 Å². The minimum atomic E-state index is -0.191. The molecule has 3 fully saturated rings. The molecule has 5 rings (SSSR count). The summed E-state index contributed by atoms with van der Waals surface area (Å²) in [5.41, 5.74) is 1.76. The van der Waals surface area contributed by atoms with E-state index in [1.54, 1.807) is 21.6 Å². The van der Waals surface area contributed by atoms with Crippen molar-refractivity contribution in [2.75, 3.05) is 18.5 Å². The van der Waals surface area contributed by atoms with Crippen LogP contribution in [0.25, 0.3) is 11.7 Å². The molecule has 1 saturated carbocycles. The maximum atomic E-state index is 13.5. The molecule has 168 valence electrons. The Morgan fingerprint density at radius 1 is 1.28 bits per heavy atom. The van der Waals surface area contributed by atoms with Crippen molar-refractivity contribution < 1.29 is 9.53 Å². The summed E-state index contributed by atoms with van der Waals surface area (Å²) >= 11 is 6.72. The van der Waals surface area contributed by atoms with Gasteiger partial charge in [0.05, 0.1) is 23.1 Å². The summed E-state index contributed by atoms with van der Waals surface area (Å²) in [7, 11) is 0. The van der Waals surface area contributed by atoms with Gasteiger partial charge in [-0.1, -0.05) is 42.9 Å². The molecule has 0 bridgehead atoms. The minimum absolute atomic E-state index is 0.0207. The van der Waals surface area contributed by atoms with Gasteiger partial charge in [0, 0.05) is 18.8 Å². The molecular formula is C23H26N4O3S2. The van der Waals surface area contributed by atoms with Gasteiger partial charge in [-0.25, -0.2) is 4.98 Å². The Bertz CT molecular complexity index is 1160. The number of hydrogen-bond donors (Lipinski definition) is 1. The van der Waals surface area contributed by atoms with Gasteiger partial charge in [-0.05, 0) is 50.3 Å². The number of pyridine rings is 1. The number of nitrogens with zero attached hydrogens (tertiary/aromatic N) is 3. The highest BCUT2D eigenvalue weighted by atomic mass is 32.2. The van der Waals surface area contributed by atoms with Crippen molar-refractivity contribution in [3.8, 4) is 0 Å². The third kappa shape index (κ3) is 4.09. The molecule has 0 unspecified atom stereocenters. The van der Waals surface area contributed by atoms with Gasteiger partial charge >= 0.3 is 0 Å². The summed E-state index contributed by atoms with van der Waals surface area (Å²) in [6.45, 7) is 3.13. The Hall–Kier alpha value is -2.23. The fourth-order valence-electron chi connectivity index (χ4n) is 4.60. The summed E-state index contributed by atoms with van der Waals surface area (Å²) in [4.78, 5) is 33.5. The standard InChI is InChI=1S/C23H26N4O3S2/c1-14-6-4-10-26-20(14)25-19(24-15-7-2-3-8-15)17(21(26)28)12-18-22(29)27(23(31)32-18)13-16-9-5-11-30-16/h4,6,10,12,15-16,24H,2-3,5,7-9,11,13H2,1H3/b18-12-/t16-/m0/s1. The van der Waals surface area contributed by atoms with Crippen LogP contribution in [-0.2, 0) is 9.53 Å². The van der Waals surface area contributed by atoms with Crippen LogP contribution in [-0.4, -0.2) is 49.8 Å². The van der Waals surface area contributed by atoms with Gasteiger partial charge in [-0.15, -0.1) is 0 Å². The van der Waals surface area contributed by atoms with E-state index in [4.69, 9.17) is 21.9 Å². The van der Waals surface area contributed by atoms with Gasteiger partial charge in [0.15, 0.2) is 0 Å². The van der Waals surface area contributed by atoms with Crippen molar-refractivity contribution in [3.05, 3.63) is 44.7 Å². The number of carbonyl (C=O) groups is 1. The predicted molar refractivity (Wildman–Crippen MR) is 131 cm³/mol. The number of anilines is 1. The molecule has 2 aliphatic heterocycles. The van der Waals surface area contributed by atoms with E-state index < -0.39 is 0 Å². The average Bonchev–Trinajstić information content (AvgIpc) is 3.52. The normalized spacial score (nSPS) is 23.2. The van der Waals surface area contributed by atoms with Crippen LogP contribution in [0.2, 0.25) is 0 Å². The molecule has 3 aliphatic rings. The first kappa shape index (κ1) is 21.6. The van der Waals surface area contributed by atoms with Crippen LogP contribution in [0.1, 0.15) is 49.7 Å². The zero-order valence-corrected chi connectivity index (χ0v) is 19.6. The predicted octanol–water partition coefficient (Wildman–Crippen LogP) is 3.74. The fourth-order valence-corrected chi connectivity index (χ4v) is 5.85. The molecule has 2 saturated heterocycles. The Balaban J connectivity index is 1.54. The molecule has 1 N–H and O–H groups in total. The Morgan fingerprint density at radius 3 is 2.84 bits per heavy atom. The first-order valence-electron chi connectivity index (χ1n) is 11.2. The van der Waals surface area contributed by atoms with Gasteiger partial charge < -0.3 is 10.1 Å². The van der Waals surface area contributed by atoms with Crippen LogP contribution >= 0.6 is 24.0 Å². The summed E-state index contributed by atoms with van der Waals surface area (Å²) in [6.07, 6.45) is 9.78. The number of carbonyl (C=O) groups excluding carboxylic acids is 1. The van der Waals surface area contributed by atoms with Crippen LogP contribution in [0.4, 0.5) is 5.82 Å². The highest BCUT2D eigenvalue weighted by Crippen LogP contribution is 2.34. The van der Waals surface area contributed by atoms with Crippen LogP contribution in [0.15, 0.2) is 28.0 Å². The number of fused-ring (bicyclic) bond motifs is 1. The van der Waals surface area contributed by atoms with E-state index >= 15 is 0 Å². The Labute approximate surface area is 196 Å². The van der Waals surface area contributed by atoms with Crippen LogP contribution in [0.3, 0.4) is 0 Å². The number of ether oxygens (including phenoxy) is 1. The van der Waals surface area contributed by atoms with Crippen molar-refractivity contribution in [2.24, 2.45) is 0 Å². The molecule has 7 nitrogen and oxygen atoms in total. The number of aromatic nitrogens is 2. The van der Waals surface area contributed by atoms with Crippen molar-refractivity contribution >= 4 is 51.7 Å². The van der Waals surface area contributed by atoms with E-state index in [0.29, 0.717) is 32.8 Å². The number of amides is 1. The lowest BCUT2D eigenvalue weighted by Gasteiger charge is -2.18. The van der Waals surface area contributed by atoms with E-state index in [1.807, 2.05) is 19.1 Å². The molecular weight excluding hydrogens is 444 g/mol. The first-order valence-corrected chi connectivity index (χ1v) is 12.4. The van der Waals surface area contributed by atoms with Gasteiger partial charge in [-0.3, -0.25) is 18.9 Å². The Morgan fingerprint density at radius 2 is 2.09 bits per heavy atom. The lowest BCUT2D eigenvalue weighted by molar-refractivity contribution is -0.123. The van der Waals surface area contributed by atoms with E-state index in [0.717, 1.165) is 37.9 Å².